The molecule has 0 saturated carbocycles. The normalized spacial score (nSPS) is 15.8. The molecule has 0 N–H and O–H groups in total. The van der Waals surface area contributed by atoms with E-state index in [9.17, 15) is 13.2 Å². The summed E-state index contributed by atoms with van der Waals surface area (Å²) < 4.78 is 43.3. The zero-order valence-corrected chi connectivity index (χ0v) is 22.0. The van der Waals surface area contributed by atoms with Gasteiger partial charge in [0.2, 0.25) is 0 Å². The number of rotatable bonds is 10. The maximum Gasteiger partial charge on any atom is 0.166 e. The van der Waals surface area contributed by atoms with E-state index in [4.69, 9.17) is 0 Å². The summed E-state index contributed by atoms with van der Waals surface area (Å²) in [5.74, 6) is -1.25. The zero-order chi connectivity index (χ0) is 26.2. The van der Waals surface area contributed by atoms with Crippen molar-refractivity contribution in [2.45, 2.75) is 71.6 Å². The minimum absolute atomic E-state index is 0.160. The standard InChI is InChI=1S/C34H37F3/c1-3-4-5-6-7-8-25-10-15-27(16-11-25)30-21-20-29(32(35)23-30)19-14-26-12-17-28(18-13-26)31-22-9-24(2)33(36)34(31)37/h5-6,9-11,15-17,20-23,26H,3-4,7-8,12-14,18-19H2,1-2H3/b6-5+. The van der Waals surface area contributed by atoms with E-state index < -0.39 is 11.6 Å². The summed E-state index contributed by atoms with van der Waals surface area (Å²) in [5.41, 5.74) is 5.53. The number of halogens is 3. The second kappa shape index (κ2) is 12.9. The molecule has 0 nitrogen and oxygen atoms in total. The summed E-state index contributed by atoms with van der Waals surface area (Å²) in [6.07, 6.45) is 14.9. The van der Waals surface area contributed by atoms with Crippen molar-refractivity contribution < 1.29 is 13.2 Å². The topological polar surface area (TPSA) is 0 Å². The minimum atomic E-state index is -0.759. The molecule has 0 aliphatic heterocycles. The number of unbranched alkanes of at least 4 members (excludes halogenated alkanes) is 1. The van der Waals surface area contributed by atoms with Crippen LogP contribution in [0, 0.1) is 30.3 Å². The summed E-state index contributed by atoms with van der Waals surface area (Å²) in [6.45, 7) is 3.76. The maximum absolute atomic E-state index is 14.9. The third-order valence-corrected chi connectivity index (χ3v) is 7.52. The Balaban J connectivity index is 1.31. The molecular formula is C34H37F3. The minimum Gasteiger partial charge on any atom is -0.207 e. The zero-order valence-electron chi connectivity index (χ0n) is 22.0. The van der Waals surface area contributed by atoms with Crippen LogP contribution >= 0.6 is 0 Å². The van der Waals surface area contributed by atoms with Gasteiger partial charge in [0.1, 0.15) is 5.82 Å². The molecule has 0 amide bonds. The molecule has 1 unspecified atom stereocenters. The molecule has 0 saturated heterocycles. The first kappa shape index (κ1) is 27.0. The Morgan fingerprint density at radius 3 is 2.30 bits per heavy atom. The van der Waals surface area contributed by atoms with Crippen LogP contribution in [0.5, 0.6) is 0 Å². The lowest BCUT2D eigenvalue weighted by Gasteiger charge is -2.23. The van der Waals surface area contributed by atoms with Crippen molar-refractivity contribution in [3.63, 3.8) is 0 Å². The second-order valence-electron chi connectivity index (χ2n) is 10.3. The van der Waals surface area contributed by atoms with E-state index in [-0.39, 0.29) is 5.82 Å². The molecule has 0 radical (unpaired) electrons. The molecule has 194 valence electrons. The average molecular weight is 503 g/mol. The van der Waals surface area contributed by atoms with Gasteiger partial charge in [-0.25, -0.2) is 13.2 Å². The number of hydrogen-bond donors (Lipinski definition) is 0. The maximum atomic E-state index is 14.9. The largest absolute Gasteiger partial charge is 0.207 e. The van der Waals surface area contributed by atoms with Crippen molar-refractivity contribution >= 4 is 5.57 Å². The monoisotopic (exact) mass is 502 g/mol. The van der Waals surface area contributed by atoms with E-state index >= 15 is 0 Å². The number of allylic oxidation sites excluding steroid dienone is 4. The predicted octanol–water partition coefficient (Wildman–Crippen LogP) is 10.2. The van der Waals surface area contributed by atoms with E-state index in [1.807, 2.05) is 18.2 Å². The van der Waals surface area contributed by atoms with Gasteiger partial charge in [-0.1, -0.05) is 80.1 Å². The van der Waals surface area contributed by atoms with Crippen LogP contribution in [0.4, 0.5) is 13.2 Å². The lowest BCUT2D eigenvalue weighted by molar-refractivity contribution is 0.444. The van der Waals surface area contributed by atoms with Crippen molar-refractivity contribution in [3.05, 3.63) is 113 Å². The van der Waals surface area contributed by atoms with Crippen molar-refractivity contribution in [3.8, 4) is 11.1 Å². The fourth-order valence-corrected chi connectivity index (χ4v) is 5.09. The molecule has 3 aromatic carbocycles. The van der Waals surface area contributed by atoms with Gasteiger partial charge in [0.05, 0.1) is 0 Å². The molecular weight excluding hydrogens is 465 g/mol. The molecule has 1 aliphatic rings. The lowest BCUT2D eigenvalue weighted by atomic mass is 9.83. The van der Waals surface area contributed by atoms with Crippen LogP contribution in [0.25, 0.3) is 16.7 Å². The fourth-order valence-electron chi connectivity index (χ4n) is 5.09. The second-order valence-corrected chi connectivity index (χ2v) is 10.3. The third kappa shape index (κ3) is 7.03. The van der Waals surface area contributed by atoms with Crippen LogP contribution in [0.2, 0.25) is 0 Å². The van der Waals surface area contributed by atoms with Crippen molar-refractivity contribution in [2.24, 2.45) is 5.92 Å². The average Bonchev–Trinajstić information content (AvgIpc) is 2.92. The highest BCUT2D eigenvalue weighted by molar-refractivity contribution is 5.67. The smallest absolute Gasteiger partial charge is 0.166 e. The summed E-state index contributed by atoms with van der Waals surface area (Å²) >= 11 is 0. The van der Waals surface area contributed by atoms with Gasteiger partial charge in [0.15, 0.2) is 11.6 Å². The van der Waals surface area contributed by atoms with Gasteiger partial charge in [-0.15, -0.1) is 0 Å². The quantitative estimate of drug-likeness (QED) is 0.242. The Bertz CT molecular complexity index is 1250. The molecule has 4 rings (SSSR count). The summed E-state index contributed by atoms with van der Waals surface area (Å²) in [6, 6.07) is 17.3. The summed E-state index contributed by atoms with van der Waals surface area (Å²) in [7, 11) is 0. The van der Waals surface area contributed by atoms with E-state index in [1.54, 1.807) is 25.1 Å². The Morgan fingerprint density at radius 2 is 1.59 bits per heavy atom. The molecule has 0 fully saturated rings. The predicted molar refractivity (Wildman–Crippen MR) is 149 cm³/mol. The lowest BCUT2D eigenvalue weighted by Crippen LogP contribution is -2.08. The third-order valence-electron chi connectivity index (χ3n) is 7.52. The molecule has 3 aromatic rings. The molecule has 3 heteroatoms. The molecule has 1 aliphatic carbocycles. The van der Waals surface area contributed by atoms with Gasteiger partial charge in [0.25, 0.3) is 0 Å². The number of hydrogen-bond acceptors (Lipinski definition) is 0. The van der Waals surface area contributed by atoms with E-state index in [0.29, 0.717) is 23.5 Å². The van der Waals surface area contributed by atoms with Gasteiger partial charge in [0, 0.05) is 5.56 Å². The van der Waals surface area contributed by atoms with Crippen molar-refractivity contribution in [1.29, 1.82) is 0 Å². The Hall–Kier alpha value is -3.07. The highest BCUT2D eigenvalue weighted by atomic mass is 19.2. The highest BCUT2D eigenvalue weighted by Gasteiger charge is 2.20. The van der Waals surface area contributed by atoms with E-state index in [2.05, 4.69) is 43.3 Å². The van der Waals surface area contributed by atoms with E-state index in [1.165, 1.54) is 12.0 Å². The van der Waals surface area contributed by atoms with Crippen LogP contribution in [-0.2, 0) is 12.8 Å². The Morgan fingerprint density at radius 1 is 0.838 bits per heavy atom. The van der Waals surface area contributed by atoms with Gasteiger partial charge >= 0.3 is 0 Å². The molecule has 1 atom stereocenters. The summed E-state index contributed by atoms with van der Waals surface area (Å²) in [4.78, 5) is 0. The van der Waals surface area contributed by atoms with Crippen LogP contribution in [0.1, 0.15) is 74.1 Å². The number of aryl methyl sites for hydroxylation is 3. The van der Waals surface area contributed by atoms with Crippen LogP contribution in [0.15, 0.2) is 72.8 Å². The molecule has 0 spiro atoms. The van der Waals surface area contributed by atoms with Gasteiger partial charge < -0.3 is 0 Å². The van der Waals surface area contributed by atoms with Crippen molar-refractivity contribution in [2.75, 3.05) is 0 Å². The van der Waals surface area contributed by atoms with E-state index in [0.717, 1.165) is 67.2 Å². The molecule has 0 aromatic heterocycles. The first-order valence-electron chi connectivity index (χ1n) is 13.6. The Kier molecular flexibility index (Phi) is 9.44. The van der Waals surface area contributed by atoms with Gasteiger partial charge in [-0.05, 0) is 104 Å². The Labute approximate surface area is 219 Å². The SMILES string of the molecule is CCC/C=C/CCc1ccc(-c2ccc(CCC3CC=C(c4ccc(C)c(F)c4F)CC3)c(F)c2)cc1. The molecule has 37 heavy (non-hydrogen) atoms. The van der Waals surface area contributed by atoms with Crippen LogP contribution < -0.4 is 0 Å². The van der Waals surface area contributed by atoms with Crippen LogP contribution in [0.3, 0.4) is 0 Å². The van der Waals surface area contributed by atoms with Gasteiger partial charge in [-0.2, -0.15) is 0 Å². The van der Waals surface area contributed by atoms with Crippen LogP contribution in [-0.4, -0.2) is 0 Å². The first-order valence-corrected chi connectivity index (χ1v) is 13.6. The number of benzene rings is 3. The first-order chi connectivity index (χ1) is 18.0. The summed E-state index contributed by atoms with van der Waals surface area (Å²) in [5, 5.41) is 0. The fraction of sp³-hybridized carbons (Fsp3) is 0.353. The highest BCUT2D eigenvalue weighted by Crippen LogP contribution is 2.35. The van der Waals surface area contributed by atoms with Crippen molar-refractivity contribution in [1.82, 2.24) is 0 Å². The molecule has 0 bridgehead atoms. The molecule has 0 heterocycles. The van der Waals surface area contributed by atoms with Gasteiger partial charge in [-0.3, -0.25) is 0 Å².